The number of benzene rings is 4. The fourth-order valence-electron chi connectivity index (χ4n) is 16.5. The molecule has 0 spiro atoms. The van der Waals surface area contributed by atoms with E-state index in [1.807, 2.05) is 56.3 Å². The van der Waals surface area contributed by atoms with E-state index in [0.29, 0.717) is 86.7 Å². The quantitative estimate of drug-likeness (QED) is 0.0678. The van der Waals surface area contributed by atoms with Crippen molar-refractivity contribution in [3.63, 3.8) is 0 Å². The Balaban J connectivity index is 0.000000215. The molecule has 20 nitrogen and oxygen atoms in total. The van der Waals surface area contributed by atoms with Gasteiger partial charge in [0.25, 0.3) is 0 Å². The lowest BCUT2D eigenvalue weighted by Gasteiger charge is -2.29. The van der Waals surface area contributed by atoms with Crippen LogP contribution in [0.3, 0.4) is 0 Å². The zero-order chi connectivity index (χ0) is 77.2. The van der Waals surface area contributed by atoms with E-state index in [9.17, 15) is 56.7 Å². The molecule has 2 N–H and O–H groups in total. The van der Waals surface area contributed by atoms with E-state index in [1.165, 1.54) is 31.7 Å². The average Bonchev–Trinajstić information content (AvgIpc) is 1.58. The van der Waals surface area contributed by atoms with Gasteiger partial charge >= 0.3 is 24.1 Å². The molecular weight excluding hydrogens is 1380 g/mol. The molecule has 2 saturated heterocycles. The number of esters is 2. The summed E-state index contributed by atoms with van der Waals surface area (Å²) in [6.45, 7) is 16.0. The van der Waals surface area contributed by atoms with E-state index in [4.69, 9.17) is 18.9 Å². The fraction of sp³-hybridized carbons (Fsp3) is 0.558. The highest BCUT2D eigenvalue weighted by Crippen LogP contribution is 2.58. The molecule has 8 aliphatic rings. The Labute approximate surface area is 633 Å². The van der Waals surface area contributed by atoms with Gasteiger partial charge in [0, 0.05) is 74.8 Å². The molecule has 6 heterocycles. The van der Waals surface area contributed by atoms with Crippen LogP contribution in [0.25, 0.3) is 0 Å². The third kappa shape index (κ3) is 20.4. The highest BCUT2D eigenvalue weighted by Gasteiger charge is 2.62. The van der Waals surface area contributed by atoms with Crippen LogP contribution in [0.2, 0.25) is 0 Å². The van der Waals surface area contributed by atoms with Crippen LogP contribution in [0.4, 0.5) is 18.4 Å². The first-order valence-electron chi connectivity index (χ1n) is 39.0. The second-order valence-corrected chi connectivity index (χ2v) is 33.3. The number of carbonyl (C=O) groups excluding carboxylic acids is 10. The number of hydrogen-bond acceptors (Lipinski definition) is 14. The summed E-state index contributed by atoms with van der Waals surface area (Å²) in [4.78, 5) is 145. The fourth-order valence-corrected chi connectivity index (χ4v) is 16.5. The maximum Gasteiger partial charge on any atom is 0.410 e. The standard InChI is InChI=1S/2C43H54FN3O7/c1-28-12-10-13-29(20-28)18-19-45-40(51)43-23-32(43)16-9-7-5-6-8-14-30(21-38(49)54-42(2,3)4)39(50)47-26-33(22-36(47)37(48)24-43)53-41(52)46-25-31-15-11-17-35(44)34(31)27-46;1-28-15-17-29(18-16-28)19-20-45-40(51)43-23-32(43)13-9-7-5-6-8-11-30(21-38(49)54-42(2,3)4)39(50)47-26-33(22-36(47)37(48)24-43)53-41(52)46-25-31-12-10-14-35(44)34(31)27-46/h9-13,15-17,20,30,32-33,36H,5-8,14,18-19,21-27H2,1-4H3,(H,45,51);9-10,12-18,30,32-33,36H,5-8,11,19-27H2,1-4H3,(H,45,51)/b16-9-;13-9-/t2*30?,32?,33?,36-,43?/m00/s1. The van der Waals surface area contributed by atoms with Crippen LogP contribution in [0.15, 0.2) is 109 Å². The molecule has 4 fully saturated rings. The Morgan fingerprint density at radius 2 is 0.954 bits per heavy atom. The van der Waals surface area contributed by atoms with Gasteiger partial charge in [0.1, 0.15) is 35.0 Å². The predicted molar refractivity (Wildman–Crippen MR) is 401 cm³/mol. The lowest BCUT2D eigenvalue weighted by molar-refractivity contribution is -0.159. The van der Waals surface area contributed by atoms with E-state index in [1.54, 1.807) is 65.8 Å². The van der Waals surface area contributed by atoms with E-state index in [0.717, 1.165) is 60.8 Å². The number of halogens is 2. The van der Waals surface area contributed by atoms with Crippen LogP contribution in [0, 0.1) is 60.0 Å². The van der Waals surface area contributed by atoms with Crippen molar-refractivity contribution in [1.29, 1.82) is 0 Å². The minimum absolute atomic E-state index is 0.0278. The first-order chi connectivity index (χ1) is 51.4. The van der Waals surface area contributed by atoms with E-state index < -0.39 is 82.3 Å². The minimum atomic E-state index is -0.947. The zero-order valence-corrected chi connectivity index (χ0v) is 64.1. The molecule has 12 rings (SSSR count). The van der Waals surface area contributed by atoms with Gasteiger partial charge in [0.2, 0.25) is 23.6 Å². The molecule has 4 aromatic rings. The number of Topliss-reactive ketones (excluding diaryl/α,β-unsaturated/α-hetero) is 2. The van der Waals surface area contributed by atoms with Crippen molar-refractivity contribution < 1.29 is 75.7 Å². The maximum atomic E-state index is 14.5. The molecule has 10 atom stereocenters. The molecule has 0 bridgehead atoms. The third-order valence-corrected chi connectivity index (χ3v) is 22.4. The number of allylic oxidation sites excluding steroid dienone is 4. The molecule has 108 heavy (non-hydrogen) atoms. The van der Waals surface area contributed by atoms with Crippen LogP contribution in [-0.2, 0) is 96.3 Å². The van der Waals surface area contributed by atoms with Gasteiger partial charge in [-0.3, -0.25) is 48.2 Å². The molecule has 22 heteroatoms. The highest BCUT2D eigenvalue weighted by atomic mass is 19.1. The van der Waals surface area contributed by atoms with E-state index in [2.05, 4.69) is 41.0 Å². The van der Waals surface area contributed by atoms with Gasteiger partial charge in [-0.05, 0) is 166 Å². The summed E-state index contributed by atoms with van der Waals surface area (Å²) in [7, 11) is 0. The molecule has 0 aromatic heterocycles. The summed E-state index contributed by atoms with van der Waals surface area (Å²) in [6, 6.07) is 23.9. The van der Waals surface area contributed by atoms with Crippen LogP contribution in [-0.4, -0.2) is 141 Å². The first kappa shape index (κ1) is 79.9. The van der Waals surface area contributed by atoms with Crippen molar-refractivity contribution in [2.75, 3.05) is 26.2 Å². The Morgan fingerprint density at radius 1 is 0.519 bits per heavy atom. The lowest BCUT2D eigenvalue weighted by Crippen LogP contribution is -2.46. The first-order valence-corrected chi connectivity index (χ1v) is 39.0. The molecule has 4 aromatic carbocycles. The molecular formula is C86H108F2N6O14. The summed E-state index contributed by atoms with van der Waals surface area (Å²) in [5, 5.41) is 6.20. The number of aryl methyl sites for hydroxylation is 2. The Hall–Kier alpha value is -9.08. The van der Waals surface area contributed by atoms with Crippen LogP contribution >= 0.6 is 0 Å². The average molecular weight is 1490 g/mol. The number of nitrogens with one attached hydrogen (secondary N) is 2. The van der Waals surface area contributed by atoms with Crippen molar-refractivity contribution in [3.8, 4) is 0 Å². The number of rotatable bonds is 14. The van der Waals surface area contributed by atoms with Crippen LogP contribution in [0.5, 0.6) is 0 Å². The zero-order valence-electron chi connectivity index (χ0n) is 64.1. The molecule has 8 unspecified atom stereocenters. The normalized spacial score (nSPS) is 26.5. The van der Waals surface area contributed by atoms with Crippen molar-refractivity contribution in [1.82, 2.24) is 30.2 Å². The van der Waals surface area contributed by atoms with Gasteiger partial charge in [-0.1, -0.05) is 134 Å². The minimum Gasteiger partial charge on any atom is -0.460 e. The van der Waals surface area contributed by atoms with Gasteiger partial charge in [-0.25, -0.2) is 18.4 Å². The van der Waals surface area contributed by atoms with Gasteiger partial charge in [0.15, 0.2) is 11.6 Å². The van der Waals surface area contributed by atoms with E-state index >= 15 is 0 Å². The topological polar surface area (TPSA) is 245 Å². The van der Waals surface area contributed by atoms with Crippen molar-refractivity contribution in [3.05, 3.63) is 165 Å². The van der Waals surface area contributed by atoms with Crippen molar-refractivity contribution in [2.24, 2.45) is 34.5 Å². The Kier molecular flexibility index (Phi) is 25.7. The summed E-state index contributed by atoms with van der Waals surface area (Å²) in [6.07, 6.45) is 14.9. The molecule has 580 valence electrons. The van der Waals surface area contributed by atoms with Gasteiger partial charge in [0.05, 0.1) is 61.9 Å². The maximum absolute atomic E-state index is 14.5. The second-order valence-electron chi connectivity index (χ2n) is 33.3. The summed E-state index contributed by atoms with van der Waals surface area (Å²) in [5.74, 6) is -5.03. The van der Waals surface area contributed by atoms with Crippen molar-refractivity contribution >= 4 is 59.3 Å². The number of nitrogens with zero attached hydrogens (tertiary/aromatic N) is 4. The van der Waals surface area contributed by atoms with Gasteiger partial charge < -0.3 is 39.4 Å². The third-order valence-electron chi connectivity index (χ3n) is 22.4. The largest absolute Gasteiger partial charge is 0.460 e. The second kappa shape index (κ2) is 34.7. The number of carbonyl (C=O) groups is 10. The predicted octanol–water partition coefficient (Wildman–Crippen LogP) is 13.5. The van der Waals surface area contributed by atoms with Crippen LogP contribution in [0.1, 0.15) is 202 Å². The molecule has 2 saturated carbocycles. The number of ether oxygens (including phenoxy) is 4. The van der Waals surface area contributed by atoms with Gasteiger partial charge in [-0.2, -0.15) is 0 Å². The number of ketones is 2. The Morgan fingerprint density at radius 3 is 1.38 bits per heavy atom. The monoisotopic (exact) mass is 1490 g/mol. The number of hydrogen-bond donors (Lipinski definition) is 2. The van der Waals surface area contributed by atoms with Gasteiger partial charge in [-0.15, -0.1) is 0 Å². The van der Waals surface area contributed by atoms with E-state index in [-0.39, 0.29) is 136 Å². The smallest absolute Gasteiger partial charge is 0.410 e. The SMILES string of the molecule is Cc1ccc(CCNC(=O)C23CC(=O)[C@@H]4CC(OC(=O)N5Cc6cccc(F)c6C5)CN4C(=O)C(CC(=O)OC(C)(C)C)CCCCC/C=C\C2C3)cc1.Cc1cccc(CCNC(=O)C23CC(=O)[C@@H]4CC(OC(=O)N5Cc6cccc(F)c6C5)CN4C(=O)C(CC(=O)OC(C)(C)C)CCCCC/C=C\C2C3)c1. The molecule has 6 aliphatic heterocycles. The van der Waals surface area contributed by atoms with Crippen molar-refractivity contribution in [2.45, 2.75) is 245 Å². The number of fused-ring (bicyclic) bond motifs is 6. The Bertz CT molecular complexity index is 4070. The summed E-state index contributed by atoms with van der Waals surface area (Å²) in [5.41, 5.74) is 3.48. The van der Waals surface area contributed by atoms with Crippen LogP contribution < -0.4 is 10.6 Å². The summed E-state index contributed by atoms with van der Waals surface area (Å²) >= 11 is 0. The lowest BCUT2D eigenvalue weighted by atomic mass is 9.90. The summed E-state index contributed by atoms with van der Waals surface area (Å²) < 4.78 is 52.0. The number of amides is 6. The molecule has 0 radical (unpaired) electrons. The molecule has 6 amide bonds. The highest BCUT2D eigenvalue weighted by molar-refractivity contribution is 5.98. The molecule has 2 aliphatic carbocycles.